The number of hydrogen-bond acceptors (Lipinski definition) is 1. The lowest BCUT2D eigenvalue weighted by atomic mass is 10.0. The molecule has 0 bridgehead atoms. The zero-order valence-electron chi connectivity index (χ0n) is 9.31. The Morgan fingerprint density at radius 2 is 2.19 bits per heavy atom. The Balaban J connectivity index is 2.28. The molecular formula is C10H17F3N2O. The minimum atomic E-state index is -4.34. The molecule has 1 unspecified atom stereocenters. The van der Waals surface area contributed by atoms with Gasteiger partial charge in [-0.25, -0.2) is 4.79 Å². The molecule has 1 fully saturated rings. The molecule has 1 aliphatic rings. The summed E-state index contributed by atoms with van der Waals surface area (Å²) in [7, 11) is 0. The highest BCUT2D eigenvalue weighted by Gasteiger charge is 2.30. The topological polar surface area (TPSA) is 32.3 Å². The van der Waals surface area contributed by atoms with Gasteiger partial charge in [-0.1, -0.05) is 13.3 Å². The van der Waals surface area contributed by atoms with Crippen LogP contribution < -0.4 is 5.32 Å². The fourth-order valence-electron chi connectivity index (χ4n) is 1.95. The summed E-state index contributed by atoms with van der Waals surface area (Å²) in [5, 5.41) is 1.89. The average molecular weight is 238 g/mol. The molecule has 0 aromatic heterocycles. The van der Waals surface area contributed by atoms with E-state index in [1.807, 2.05) is 5.32 Å². The molecule has 0 aliphatic carbocycles. The first-order chi connectivity index (χ1) is 7.42. The summed E-state index contributed by atoms with van der Waals surface area (Å²) < 4.78 is 35.6. The van der Waals surface area contributed by atoms with Crippen LogP contribution in [0.3, 0.4) is 0 Å². The molecule has 1 atom stereocenters. The van der Waals surface area contributed by atoms with Gasteiger partial charge >= 0.3 is 12.2 Å². The van der Waals surface area contributed by atoms with Gasteiger partial charge in [-0.15, -0.1) is 0 Å². The number of carbonyl (C=O) groups is 1. The second kappa shape index (κ2) is 5.41. The van der Waals surface area contributed by atoms with E-state index in [4.69, 9.17) is 0 Å². The zero-order valence-corrected chi connectivity index (χ0v) is 9.31. The van der Waals surface area contributed by atoms with Gasteiger partial charge in [0.05, 0.1) is 0 Å². The number of amides is 2. The van der Waals surface area contributed by atoms with Gasteiger partial charge < -0.3 is 10.2 Å². The average Bonchev–Trinajstić information content (AvgIpc) is 2.62. The summed E-state index contributed by atoms with van der Waals surface area (Å²) in [5.41, 5.74) is 0. The highest BCUT2D eigenvalue weighted by Crippen LogP contribution is 2.21. The van der Waals surface area contributed by atoms with E-state index in [9.17, 15) is 18.0 Å². The minimum Gasteiger partial charge on any atom is -0.329 e. The number of urea groups is 1. The maximum absolute atomic E-state index is 11.9. The van der Waals surface area contributed by atoms with E-state index in [0.717, 1.165) is 19.3 Å². The van der Waals surface area contributed by atoms with Crippen LogP contribution >= 0.6 is 0 Å². The van der Waals surface area contributed by atoms with E-state index in [-0.39, 0.29) is 0 Å². The van der Waals surface area contributed by atoms with Gasteiger partial charge in [-0.3, -0.25) is 0 Å². The van der Waals surface area contributed by atoms with Crippen LogP contribution in [0.15, 0.2) is 0 Å². The largest absolute Gasteiger partial charge is 0.405 e. The van der Waals surface area contributed by atoms with Crippen molar-refractivity contribution in [2.45, 2.75) is 32.4 Å². The van der Waals surface area contributed by atoms with Gasteiger partial charge in [0.25, 0.3) is 0 Å². The van der Waals surface area contributed by atoms with Crippen LogP contribution in [0.4, 0.5) is 18.0 Å². The van der Waals surface area contributed by atoms with Crippen molar-refractivity contribution in [1.82, 2.24) is 10.2 Å². The van der Waals surface area contributed by atoms with Crippen LogP contribution in [-0.4, -0.2) is 36.7 Å². The molecule has 3 nitrogen and oxygen atoms in total. The van der Waals surface area contributed by atoms with E-state index < -0.39 is 18.8 Å². The normalized spacial score (nSPS) is 21.2. The summed E-state index contributed by atoms with van der Waals surface area (Å²) in [6.45, 7) is 1.96. The van der Waals surface area contributed by atoms with Crippen molar-refractivity contribution in [3.63, 3.8) is 0 Å². The fourth-order valence-corrected chi connectivity index (χ4v) is 1.95. The molecular weight excluding hydrogens is 221 g/mol. The van der Waals surface area contributed by atoms with Crippen molar-refractivity contribution in [3.8, 4) is 0 Å². The lowest BCUT2D eigenvalue weighted by Gasteiger charge is -2.18. The van der Waals surface area contributed by atoms with Gasteiger partial charge in [0, 0.05) is 13.1 Å². The van der Waals surface area contributed by atoms with Crippen LogP contribution in [0.2, 0.25) is 0 Å². The number of rotatable bonds is 3. The number of nitrogens with one attached hydrogen (secondary N) is 1. The predicted molar refractivity (Wildman–Crippen MR) is 54.0 cm³/mol. The molecule has 0 radical (unpaired) electrons. The van der Waals surface area contributed by atoms with Gasteiger partial charge in [0.1, 0.15) is 6.54 Å². The predicted octanol–water partition coefficient (Wildman–Crippen LogP) is 2.38. The second-order valence-electron chi connectivity index (χ2n) is 4.16. The Hall–Kier alpha value is -0.940. The molecule has 0 spiro atoms. The van der Waals surface area contributed by atoms with Crippen LogP contribution in [0.25, 0.3) is 0 Å². The third-order valence-corrected chi connectivity index (χ3v) is 2.71. The second-order valence-corrected chi connectivity index (χ2v) is 4.16. The molecule has 0 aromatic rings. The maximum Gasteiger partial charge on any atom is 0.405 e. The summed E-state index contributed by atoms with van der Waals surface area (Å²) in [5.74, 6) is 0.446. The standard InChI is InChI=1S/C10H17F3N2O/c1-2-3-8-4-5-15(6-8)9(16)14-7-10(11,12)13/h8H,2-7H2,1H3,(H,14,16). The molecule has 1 aliphatic heterocycles. The van der Waals surface area contributed by atoms with E-state index in [2.05, 4.69) is 6.92 Å². The maximum atomic E-state index is 11.9. The zero-order chi connectivity index (χ0) is 12.2. The van der Waals surface area contributed by atoms with Crippen molar-refractivity contribution in [3.05, 3.63) is 0 Å². The van der Waals surface area contributed by atoms with Crippen molar-refractivity contribution >= 4 is 6.03 Å². The monoisotopic (exact) mass is 238 g/mol. The van der Waals surface area contributed by atoms with Crippen LogP contribution in [0.1, 0.15) is 26.2 Å². The number of nitrogens with zero attached hydrogens (tertiary/aromatic N) is 1. The number of halogens is 3. The van der Waals surface area contributed by atoms with Crippen molar-refractivity contribution < 1.29 is 18.0 Å². The first-order valence-electron chi connectivity index (χ1n) is 5.52. The van der Waals surface area contributed by atoms with E-state index in [1.54, 1.807) is 0 Å². The SMILES string of the molecule is CCCC1CCN(C(=O)NCC(F)(F)F)C1. The molecule has 94 valence electrons. The molecule has 1 saturated heterocycles. The van der Waals surface area contributed by atoms with E-state index >= 15 is 0 Å². The van der Waals surface area contributed by atoms with Crippen LogP contribution in [0.5, 0.6) is 0 Å². The molecule has 1 heterocycles. The van der Waals surface area contributed by atoms with Gasteiger partial charge in [0.2, 0.25) is 0 Å². The number of hydrogen-bond donors (Lipinski definition) is 1. The summed E-state index contributed by atoms with van der Waals surface area (Å²) >= 11 is 0. The Labute approximate surface area is 93.0 Å². The molecule has 6 heteroatoms. The highest BCUT2D eigenvalue weighted by molar-refractivity contribution is 5.74. The third-order valence-electron chi connectivity index (χ3n) is 2.71. The lowest BCUT2D eigenvalue weighted by Crippen LogP contribution is -2.42. The quantitative estimate of drug-likeness (QED) is 0.804. The van der Waals surface area contributed by atoms with Crippen LogP contribution in [-0.2, 0) is 0 Å². The first kappa shape index (κ1) is 13.1. The summed E-state index contributed by atoms with van der Waals surface area (Å²) in [6.07, 6.45) is -1.36. The minimum absolute atomic E-state index is 0.446. The highest BCUT2D eigenvalue weighted by atomic mass is 19.4. The molecule has 0 aromatic carbocycles. The van der Waals surface area contributed by atoms with Gasteiger partial charge in [-0.2, -0.15) is 13.2 Å². The number of alkyl halides is 3. The van der Waals surface area contributed by atoms with E-state index in [0.29, 0.717) is 19.0 Å². The summed E-state index contributed by atoms with van der Waals surface area (Å²) in [4.78, 5) is 12.8. The Morgan fingerprint density at radius 3 is 2.75 bits per heavy atom. The van der Waals surface area contributed by atoms with Crippen molar-refractivity contribution in [2.24, 2.45) is 5.92 Å². The number of carbonyl (C=O) groups excluding carboxylic acids is 1. The summed E-state index contributed by atoms with van der Waals surface area (Å²) in [6, 6.07) is -0.601. The smallest absolute Gasteiger partial charge is 0.329 e. The Kier molecular flexibility index (Phi) is 4.44. The molecule has 1 N–H and O–H groups in total. The molecule has 2 amide bonds. The molecule has 1 rings (SSSR count). The van der Waals surface area contributed by atoms with Gasteiger partial charge in [-0.05, 0) is 18.8 Å². The van der Waals surface area contributed by atoms with Crippen molar-refractivity contribution in [1.29, 1.82) is 0 Å². The molecule has 16 heavy (non-hydrogen) atoms. The lowest BCUT2D eigenvalue weighted by molar-refractivity contribution is -0.123. The fraction of sp³-hybridized carbons (Fsp3) is 0.900. The van der Waals surface area contributed by atoms with Crippen LogP contribution in [0, 0.1) is 5.92 Å². The first-order valence-corrected chi connectivity index (χ1v) is 5.52. The van der Waals surface area contributed by atoms with Gasteiger partial charge in [0.15, 0.2) is 0 Å². The Bertz CT molecular complexity index is 243. The van der Waals surface area contributed by atoms with E-state index in [1.165, 1.54) is 4.90 Å². The Morgan fingerprint density at radius 1 is 1.50 bits per heavy atom. The number of likely N-dealkylation sites (tertiary alicyclic amines) is 1. The third kappa shape index (κ3) is 4.28. The molecule has 0 saturated carbocycles. The van der Waals surface area contributed by atoms with Crippen molar-refractivity contribution in [2.75, 3.05) is 19.6 Å².